The maximum Gasteiger partial charge on any atom is 0.177 e. The quantitative estimate of drug-likeness (QED) is 0.723. The smallest absolute Gasteiger partial charge is 0.177 e. The highest BCUT2D eigenvalue weighted by Gasteiger charge is 2.28. The molecule has 0 radical (unpaired) electrons. The molecule has 6 nitrogen and oxygen atoms in total. The number of benzene rings is 1. The summed E-state index contributed by atoms with van der Waals surface area (Å²) in [7, 11) is 1.67. The minimum absolute atomic E-state index is 0.604. The number of ether oxygens (including phenoxy) is 1. The summed E-state index contributed by atoms with van der Waals surface area (Å²) in [5.74, 6) is 2.53. The summed E-state index contributed by atoms with van der Waals surface area (Å²) >= 11 is 1.58. The fourth-order valence-electron chi connectivity index (χ4n) is 3.71. The summed E-state index contributed by atoms with van der Waals surface area (Å²) < 4.78 is 7.40. The van der Waals surface area contributed by atoms with E-state index in [1.807, 2.05) is 24.3 Å². The minimum Gasteiger partial charge on any atom is -0.497 e. The standard InChI is InChI=1S/C21H23N5OS/c1-3-25-18(15-8-10-16(27-2)11-9-15)14-28-21(25)17(13-22)20-24-23-19-7-5-4-6-12-26(19)20/h8-11,14H,3-7,12H2,1-2H3. The lowest BCUT2D eigenvalue weighted by molar-refractivity contribution is 0.414. The van der Waals surface area contributed by atoms with Crippen LogP contribution < -0.4 is 4.74 Å². The molecule has 0 fully saturated rings. The summed E-state index contributed by atoms with van der Waals surface area (Å²) in [6.07, 6.45) is 4.36. The van der Waals surface area contributed by atoms with Gasteiger partial charge in [-0.25, -0.2) is 0 Å². The van der Waals surface area contributed by atoms with Crippen molar-refractivity contribution in [2.75, 3.05) is 13.7 Å². The van der Waals surface area contributed by atoms with Gasteiger partial charge in [0.15, 0.2) is 5.82 Å². The molecule has 0 amide bonds. The average Bonchev–Trinajstić information content (AvgIpc) is 3.26. The molecule has 2 aromatic rings. The van der Waals surface area contributed by atoms with E-state index in [9.17, 15) is 5.26 Å². The SMILES string of the molecule is CCN1C(c2ccc(OC)cc2)=CSC1=C(C#N)c1nnc2n1CCCCC2. The fraction of sp³-hybridized carbons (Fsp3) is 0.381. The Bertz CT molecular complexity index is 968. The van der Waals surface area contributed by atoms with Crippen molar-refractivity contribution >= 4 is 23.0 Å². The van der Waals surface area contributed by atoms with Crippen LogP contribution in [-0.2, 0) is 13.0 Å². The summed E-state index contributed by atoms with van der Waals surface area (Å²) in [6, 6.07) is 10.4. The molecular weight excluding hydrogens is 370 g/mol. The zero-order valence-corrected chi connectivity index (χ0v) is 17.0. The number of nitrogens with zero attached hydrogens (tertiary/aromatic N) is 5. The van der Waals surface area contributed by atoms with Crippen molar-refractivity contribution in [3.63, 3.8) is 0 Å². The summed E-state index contributed by atoms with van der Waals surface area (Å²) in [5.41, 5.74) is 2.79. The lowest BCUT2D eigenvalue weighted by Crippen LogP contribution is -2.18. The Labute approximate surface area is 169 Å². The maximum absolute atomic E-state index is 10.00. The monoisotopic (exact) mass is 393 g/mol. The number of hydrogen-bond donors (Lipinski definition) is 0. The van der Waals surface area contributed by atoms with Gasteiger partial charge < -0.3 is 14.2 Å². The molecule has 0 bridgehead atoms. The van der Waals surface area contributed by atoms with Gasteiger partial charge in [-0.1, -0.05) is 18.2 Å². The third-order valence-electron chi connectivity index (χ3n) is 5.18. The molecule has 0 spiro atoms. The van der Waals surface area contributed by atoms with Crippen molar-refractivity contribution in [3.8, 4) is 11.8 Å². The van der Waals surface area contributed by atoms with E-state index >= 15 is 0 Å². The van der Waals surface area contributed by atoms with Gasteiger partial charge in [-0.05, 0) is 49.6 Å². The highest BCUT2D eigenvalue weighted by molar-refractivity contribution is 8.06. The number of hydrogen-bond acceptors (Lipinski definition) is 6. The minimum atomic E-state index is 0.604. The second kappa shape index (κ2) is 8.11. The third kappa shape index (κ3) is 3.29. The van der Waals surface area contributed by atoms with Crippen molar-refractivity contribution in [3.05, 3.63) is 51.9 Å². The fourth-order valence-corrected chi connectivity index (χ4v) is 4.80. The van der Waals surface area contributed by atoms with Gasteiger partial charge in [-0.2, -0.15) is 5.26 Å². The number of nitriles is 1. The van der Waals surface area contributed by atoms with Crippen LogP contribution in [0.3, 0.4) is 0 Å². The first-order valence-electron chi connectivity index (χ1n) is 9.62. The van der Waals surface area contributed by atoms with Crippen molar-refractivity contribution in [2.24, 2.45) is 0 Å². The molecule has 2 aliphatic rings. The Morgan fingerprint density at radius 3 is 2.75 bits per heavy atom. The summed E-state index contributed by atoms with van der Waals surface area (Å²) in [6.45, 7) is 3.75. The first kappa shape index (κ1) is 18.6. The van der Waals surface area contributed by atoms with Gasteiger partial charge in [0.25, 0.3) is 0 Å². The number of thioether (sulfide) groups is 1. The molecule has 28 heavy (non-hydrogen) atoms. The van der Waals surface area contributed by atoms with Crippen LogP contribution in [0.5, 0.6) is 5.75 Å². The van der Waals surface area contributed by atoms with Gasteiger partial charge in [0, 0.05) is 24.9 Å². The molecule has 0 atom stereocenters. The molecule has 0 N–H and O–H groups in total. The third-order valence-corrected chi connectivity index (χ3v) is 6.17. The van der Waals surface area contributed by atoms with Gasteiger partial charge in [-0.3, -0.25) is 0 Å². The Morgan fingerprint density at radius 2 is 2.04 bits per heavy atom. The first-order valence-corrected chi connectivity index (χ1v) is 10.5. The molecule has 1 aromatic carbocycles. The van der Waals surface area contributed by atoms with Gasteiger partial charge in [0.05, 0.1) is 12.8 Å². The lowest BCUT2D eigenvalue weighted by atomic mass is 10.1. The van der Waals surface area contributed by atoms with Crippen molar-refractivity contribution in [2.45, 2.75) is 39.2 Å². The molecule has 0 aliphatic carbocycles. The molecule has 0 unspecified atom stereocenters. The van der Waals surface area contributed by atoms with Crippen LogP contribution in [-0.4, -0.2) is 33.3 Å². The topological polar surface area (TPSA) is 67.0 Å². The predicted octanol–water partition coefficient (Wildman–Crippen LogP) is 4.27. The molecule has 4 rings (SSSR count). The highest BCUT2D eigenvalue weighted by Crippen LogP contribution is 2.43. The molecule has 144 valence electrons. The van der Waals surface area contributed by atoms with Gasteiger partial charge >= 0.3 is 0 Å². The first-order chi connectivity index (χ1) is 13.8. The Kier molecular flexibility index (Phi) is 5.40. The normalized spacial score (nSPS) is 18.2. The predicted molar refractivity (Wildman–Crippen MR) is 111 cm³/mol. The second-order valence-corrected chi connectivity index (χ2v) is 7.65. The number of methoxy groups -OCH3 is 1. The molecule has 1 aromatic heterocycles. The van der Waals surface area contributed by atoms with E-state index in [1.54, 1.807) is 18.9 Å². The van der Waals surface area contributed by atoms with E-state index < -0.39 is 0 Å². The molecule has 2 aliphatic heterocycles. The molecule has 0 saturated carbocycles. The molecular formula is C21H23N5OS. The van der Waals surface area contributed by atoms with Crippen molar-refractivity contribution < 1.29 is 4.74 Å². The zero-order valence-electron chi connectivity index (χ0n) is 16.2. The summed E-state index contributed by atoms with van der Waals surface area (Å²) in [4.78, 5) is 2.18. The molecule has 7 heteroatoms. The number of aromatic nitrogens is 3. The van der Waals surface area contributed by atoms with E-state index in [0.29, 0.717) is 11.4 Å². The second-order valence-electron chi connectivity index (χ2n) is 6.79. The number of allylic oxidation sites excluding steroid dienone is 1. The molecule has 3 heterocycles. The van der Waals surface area contributed by atoms with Crippen LogP contribution in [0.25, 0.3) is 11.3 Å². The van der Waals surface area contributed by atoms with Crippen LogP contribution in [0.2, 0.25) is 0 Å². The van der Waals surface area contributed by atoms with Crippen LogP contribution in [0, 0.1) is 11.3 Å². The number of rotatable bonds is 4. The van der Waals surface area contributed by atoms with Crippen LogP contribution in [0.15, 0.2) is 34.7 Å². The Morgan fingerprint density at radius 1 is 1.21 bits per heavy atom. The van der Waals surface area contributed by atoms with E-state index in [-0.39, 0.29) is 0 Å². The average molecular weight is 394 g/mol. The van der Waals surface area contributed by atoms with Gasteiger partial charge in [-0.15, -0.1) is 10.2 Å². The zero-order chi connectivity index (χ0) is 19.5. The van der Waals surface area contributed by atoms with Crippen LogP contribution >= 0.6 is 11.8 Å². The Balaban J connectivity index is 1.72. The van der Waals surface area contributed by atoms with Crippen LogP contribution in [0.1, 0.15) is 43.4 Å². The van der Waals surface area contributed by atoms with Crippen molar-refractivity contribution in [1.82, 2.24) is 19.7 Å². The summed E-state index contributed by atoms with van der Waals surface area (Å²) in [5, 5.41) is 21.8. The molecule has 0 saturated heterocycles. The van der Waals surface area contributed by atoms with E-state index in [2.05, 4.69) is 38.1 Å². The maximum atomic E-state index is 10.00. The van der Waals surface area contributed by atoms with E-state index in [4.69, 9.17) is 4.74 Å². The number of aryl methyl sites for hydroxylation is 1. The van der Waals surface area contributed by atoms with Crippen LogP contribution in [0.4, 0.5) is 0 Å². The lowest BCUT2D eigenvalue weighted by Gasteiger charge is -2.23. The van der Waals surface area contributed by atoms with E-state index in [1.165, 1.54) is 6.42 Å². The van der Waals surface area contributed by atoms with Crippen molar-refractivity contribution in [1.29, 1.82) is 5.26 Å². The van der Waals surface area contributed by atoms with Gasteiger partial charge in [0.2, 0.25) is 0 Å². The Hall–Kier alpha value is -2.72. The largest absolute Gasteiger partial charge is 0.497 e. The number of fused-ring (bicyclic) bond motifs is 1. The highest BCUT2D eigenvalue weighted by atomic mass is 32.2. The van der Waals surface area contributed by atoms with E-state index in [0.717, 1.165) is 60.2 Å². The van der Waals surface area contributed by atoms with Gasteiger partial charge in [0.1, 0.15) is 28.2 Å².